The van der Waals surface area contributed by atoms with Crippen LogP contribution < -0.4 is 11.4 Å². The highest BCUT2D eigenvalue weighted by molar-refractivity contribution is 5.23. The van der Waals surface area contributed by atoms with Crippen LogP contribution in [0.2, 0.25) is 0 Å². The zero-order valence-corrected chi connectivity index (χ0v) is 9.83. The van der Waals surface area contributed by atoms with Crippen LogP contribution in [0.5, 0.6) is 0 Å². The van der Waals surface area contributed by atoms with Crippen LogP contribution in [-0.2, 0) is 4.74 Å². The molecule has 0 amide bonds. The maximum absolute atomic E-state index is 11.6. The lowest BCUT2D eigenvalue weighted by atomic mass is 10.1. The quantitative estimate of drug-likeness (QED) is 0.386. The minimum absolute atomic E-state index is 0.0150. The van der Waals surface area contributed by atoms with Crippen molar-refractivity contribution in [3.63, 3.8) is 0 Å². The monoisotopic (exact) mass is 273 g/mol. The number of hydrogen-bond acceptors (Lipinski definition) is 8. The van der Waals surface area contributed by atoms with Gasteiger partial charge in [0.1, 0.15) is 30.2 Å². The Morgan fingerprint density at radius 2 is 2.16 bits per heavy atom. The van der Waals surface area contributed by atoms with Crippen molar-refractivity contribution in [1.29, 1.82) is 0 Å². The molecule has 0 saturated carbocycles. The first-order chi connectivity index (χ1) is 8.95. The molecule has 1 aromatic heterocycles. The number of nitrogens with two attached hydrogens (primary N) is 1. The first-order valence-corrected chi connectivity index (χ1v) is 5.61. The Morgan fingerprint density at radius 3 is 2.74 bits per heavy atom. The highest BCUT2D eigenvalue weighted by Gasteiger charge is 2.46. The van der Waals surface area contributed by atoms with Crippen LogP contribution in [0.4, 0.5) is 5.82 Å². The van der Waals surface area contributed by atoms with Crippen LogP contribution >= 0.6 is 0 Å². The Hall–Kier alpha value is -1.52. The van der Waals surface area contributed by atoms with Crippen molar-refractivity contribution in [2.24, 2.45) is 0 Å². The molecule has 0 bridgehead atoms. The van der Waals surface area contributed by atoms with Gasteiger partial charge in [-0.05, 0) is 6.07 Å². The molecule has 0 radical (unpaired) electrons. The van der Waals surface area contributed by atoms with Crippen LogP contribution in [0.3, 0.4) is 0 Å². The third-order valence-electron chi connectivity index (χ3n) is 2.97. The summed E-state index contributed by atoms with van der Waals surface area (Å²) in [5, 5.41) is 37.8. The molecule has 0 aromatic carbocycles. The maximum Gasteiger partial charge on any atom is 0.351 e. The number of aromatic nitrogens is 2. The molecule has 0 spiro atoms. The van der Waals surface area contributed by atoms with Gasteiger partial charge in [0.25, 0.3) is 0 Å². The summed E-state index contributed by atoms with van der Waals surface area (Å²) in [6.45, 7) is -0.643. The Balaban J connectivity index is 2.29. The van der Waals surface area contributed by atoms with Crippen molar-refractivity contribution in [2.45, 2.75) is 30.6 Å². The summed E-state index contributed by atoms with van der Waals surface area (Å²) in [6, 6.07) is 1.33. The maximum atomic E-state index is 11.6. The van der Waals surface area contributed by atoms with E-state index in [1.54, 1.807) is 0 Å². The van der Waals surface area contributed by atoms with Gasteiger partial charge in [-0.15, -0.1) is 0 Å². The zero-order valence-electron chi connectivity index (χ0n) is 9.83. The number of nitrogen functional groups attached to an aromatic ring is 1. The molecule has 6 N–H and O–H groups in total. The SMILES string of the molecule is Nc1ccn([C@@H]2O[C@H](C(O)CO)[C@@H](O)[C@H]2O)c(=O)n1. The molecular weight excluding hydrogens is 258 g/mol. The Kier molecular flexibility index (Phi) is 3.83. The Morgan fingerprint density at radius 1 is 1.47 bits per heavy atom. The van der Waals surface area contributed by atoms with E-state index in [-0.39, 0.29) is 5.82 Å². The predicted molar refractivity (Wildman–Crippen MR) is 61.9 cm³/mol. The standard InChI is InChI=1S/C10H15N3O6/c11-5-1-2-13(10(18)12-5)9-7(17)6(16)8(19-9)4(15)3-14/h1-2,4,6-9,14-17H,3H2,(H2,11,12,18)/t4?,6-,7+,8+,9+/m0/s1. The summed E-state index contributed by atoms with van der Waals surface area (Å²) >= 11 is 0. The van der Waals surface area contributed by atoms with E-state index in [1.165, 1.54) is 12.3 Å². The summed E-state index contributed by atoms with van der Waals surface area (Å²) in [5.41, 5.74) is 4.58. The molecule has 2 rings (SSSR count). The first kappa shape index (κ1) is 13.9. The Bertz CT molecular complexity index is 506. The number of aliphatic hydroxyl groups is 4. The van der Waals surface area contributed by atoms with E-state index in [1.807, 2.05) is 0 Å². The number of ether oxygens (including phenoxy) is 1. The second kappa shape index (κ2) is 5.23. The van der Waals surface area contributed by atoms with E-state index in [4.69, 9.17) is 15.6 Å². The van der Waals surface area contributed by atoms with Crippen LogP contribution in [0.1, 0.15) is 6.23 Å². The summed E-state index contributed by atoms with van der Waals surface area (Å²) in [5.74, 6) is 0.0150. The smallest absolute Gasteiger partial charge is 0.351 e. The fourth-order valence-corrected chi connectivity index (χ4v) is 1.96. The minimum atomic E-state index is -1.44. The van der Waals surface area contributed by atoms with Gasteiger partial charge in [-0.1, -0.05) is 0 Å². The molecular formula is C10H15N3O6. The average Bonchev–Trinajstić information content (AvgIpc) is 2.66. The predicted octanol–water partition coefficient (Wildman–Crippen LogP) is -3.20. The van der Waals surface area contributed by atoms with Crippen molar-refractivity contribution in [3.05, 3.63) is 22.7 Å². The van der Waals surface area contributed by atoms with Crippen molar-refractivity contribution in [1.82, 2.24) is 9.55 Å². The second-order valence-corrected chi connectivity index (χ2v) is 4.26. The van der Waals surface area contributed by atoms with Gasteiger partial charge >= 0.3 is 5.69 Å². The molecule has 1 saturated heterocycles. The molecule has 1 fully saturated rings. The van der Waals surface area contributed by atoms with Gasteiger partial charge in [0.15, 0.2) is 6.23 Å². The van der Waals surface area contributed by atoms with Crippen LogP contribution in [0, 0.1) is 0 Å². The van der Waals surface area contributed by atoms with Gasteiger partial charge in [0.05, 0.1) is 6.61 Å². The van der Waals surface area contributed by atoms with Crippen molar-refractivity contribution in [3.8, 4) is 0 Å². The topological polar surface area (TPSA) is 151 Å². The normalized spacial score (nSPS) is 32.4. The van der Waals surface area contributed by atoms with E-state index in [0.29, 0.717) is 0 Å². The number of anilines is 1. The summed E-state index contributed by atoms with van der Waals surface area (Å²) < 4.78 is 6.17. The summed E-state index contributed by atoms with van der Waals surface area (Å²) in [6.07, 6.45) is -5.38. The van der Waals surface area contributed by atoms with Crippen molar-refractivity contribution in [2.75, 3.05) is 12.3 Å². The number of aliphatic hydroxyl groups excluding tert-OH is 4. The van der Waals surface area contributed by atoms with E-state index in [0.717, 1.165) is 4.57 Å². The van der Waals surface area contributed by atoms with Gasteiger partial charge in [0, 0.05) is 6.20 Å². The van der Waals surface area contributed by atoms with Gasteiger partial charge < -0.3 is 30.9 Å². The molecule has 5 atom stereocenters. The minimum Gasteiger partial charge on any atom is -0.394 e. The Labute approximate surface area is 107 Å². The van der Waals surface area contributed by atoms with Crippen LogP contribution in [0.15, 0.2) is 17.1 Å². The average molecular weight is 273 g/mol. The lowest BCUT2D eigenvalue weighted by Gasteiger charge is -2.18. The molecule has 1 aliphatic heterocycles. The zero-order chi connectivity index (χ0) is 14.2. The van der Waals surface area contributed by atoms with E-state index in [9.17, 15) is 20.1 Å². The second-order valence-electron chi connectivity index (χ2n) is 4.26. The van der Waals surface area contributed by atoms with Gasteiger partial charge in [0.2, 0.25) is 0 Å². The van der Waals surface area contributed by atoms with E-state index in [2.05, 4.69) is 4.98 Å². The largest absolute Gasteiger partial charge is 0.394 e. The molecule has 1 unspecified atom stereocenters. The number of nitrogens with zero attached hydrogens (tertiary/aromatic N) is 2. The first-order valence-electron chi connectivity index (χ1n) is 5.61. The molecule has 9 heteroatoms. The molecule has 106 valence electrons. The third-order valence-corrected chi connectivity index (χ3v) is 2.97. The lowest BCUT2D eigenvalue weighted by molar-refractivity contribution is -0.0981. The molecule has 9 nitrogen and oxygen atoms in total. The molecule has 1 aromatic rings. The molecule has 19 heavy (non-hydrogen) atoms. The highest BCUT2D eigenvalue weighted by Crippen LogP contribution is 2.30. The molecule has 2 heterocycles. The summed E-state index contributed by atoms with van der Waals surface area (Å²) in [7, 11) is 0. The number of hydrogen-bond donors (Lipinski definition) is 5. The fraction of sp³-hybridized carbons (Fsp3) is 0.600. The highest BCUT2D eigenvalue weighted by atomic mass is 16.6. The summed E-state index contributed by atoms with van der Waals surface area (Å²) in [4.78, 5) is 15.1. The van der Waals surface area contributed by atoms with Crippen molar-refractivity contribution >= 4 is 5.82 Å². The van der Waals surface area contributed by atoms with Crippen LogP contribution in [0.25, 0.3) is 0 Å². The van der Waals surface area contributed by atoms with Gasteiger partial charge in [-0.25, -0.2) is 4.79 Å². The van der Waals surface area contributed by atoms with E-state index >= 15 is 0 Å². The number of rotatable bonds is 3. The third kappa shape index (κ3) is 2.46. The van der Waals surface area contributed by atoms with Crippen LogP contribution in [-0.4, -0.2) is 61.0 Å². The fourth-order valence-electron chi connectivity index (χ4n) is 1.96. The molecule has 1 aliphatic rings. The van der Waals surface area contributed by atoms with E-state index < -0.39 is 42.9 Å². The van der Waals surface area contributed by atoms with Gasteiger partial charge in [-0.2, -0.15) is 4.98 Å². The van der Waals surface area contributed by atoms with Crippen molar-refractivity contribution < 1.29 is 25.2 Å². The molecule has 0 aliphatic carbocycles. The lowest BCUT2D eigenvalue weighted by Crippen LogP contribution is -2.40. The van der Waals surface area contributed by atoms with Gasteiger partial charge in [-0.3, -0.25) is 4.57 Å².